The molecular formula is C20H25NO3. The minimum atomic E-state index is -0.0655. The number of rotatable bonds is 9. The molecule has 0 radical (unpaired) electrons. The Morgan fingerprint density at radius 2 is 1.83 bits per heavy atom. The first kappa shape index (κ1) is 18.0. The van der Waals surface area contributed by atoms with Crippen molar-refractivity contribution in [2.75, 3.05) is 13.2 Å². The number of nitrogens with one attached hydrogen (secondary N) is 1. The van der Waals surface area contributed by atoms with Crippen LogP contribution in [0.4, 0.5) is 0 Å². The van der Waals surface area contributed by atoms with Gasteiger partial charge in [-0.25, -0.2) is 0 Å². The van der Waals surface area contributed by atoms with Gasteiger partial charge < -0.3 is 14.8 Å². The third-order valence-electron chi connectivity index (χ3n) is 3.53. The number of carbonyl (C=O) groups excluding carboxylic acids is 1. The lowest BCUT2D eigenvalue weighted by Gasteiger charge is -2.13. The Kier molecular flexibility index (Phi) is 7.30. The summed E-state index contributed by atoms with van der Waals surface area (Å²) in [5.41, 5.74) is 2.63. The summed E-state index contributed by atoms with van der Waals surface area (Å²) in [6.07, 6.45) is 0.913. The average molecular weight is 327 g/mol. The van der Waals surface area contributed by atoms with Gasteiger partial charge in [-0.15, -0.1) is 0 Å². The minimum Gasteiger partial charge on any atom is -0.494 e. The highest BCUT2D eigenvalue weighted by Crippen LogP contribution is 2.22. The van der Waals surface area contributed by atoms with Crippen LogP contribution in [0, 0.1) is 0 Å². The zero-order valence-electron chi connectivity index (χ0n) is 14.4. The van der Waals surface area contributed by atoms with Gasteiger partial charge in [-0.1, -0.05) is 37.3 Å². The number of hydrogen-bond acceptors (Lipinski definition) is 3. The van der Waals surface area contributed by atoms with Crippen molar-refractivity contribution in [1.82, 2.24) is 5.32 Å². The summed E-state index contributed by atoms with van der Waals surface area (Å²) in [5.74, 6) is 0.696. The maximum Gasteiger partial charge on any atom is 0.251 e. The summed E-state index contributed by atoms with van der Waals surface area (Å²) >= 11 is 0. The fourth-order valence-electron chi connectivity index (χ4n) is 2.32. The molecule has 1 amide bonds. The Morgan fingerprint density at radius 3 is 2.54 bits per heavy atom. The highest BCUT2D eigenvalue weighted by atomic mass is 16.5. The van der Waals surface area contributed by atoms with E-state index in [2.05, 4.69) is 5.32 Å². The van der Waals surface area contributed by atoms with Crippen molar-refractivity contribution >= 4 is 5.91 Å². The highest BCUT2D eigenvalue weighted by molar-refractivity contribution is 5.94. The molecule has 1 N–H and O–H groups in total. The molecule has 0 aliphatic carbocycles. The molecule has 4 heteroatoms. The van der Waals surface area contributed by atoms with E-state index in [1.165, 1.54) is 0 Å². The molecule has 2 aromatic carbocycles. The predicted octanol–water partition coefficient (Wildman–Crippen LogP) is 3.94. The Bertz CT molecular complexity index is 641. The number of carbonyl (C=O) groups is 1. The molecule has 0 saturated carbocycles. The molecule has 0 fully saturated rings. The van der Waals surface area contributed by atoms with E-state index in [0.29, 0.717) is 31.9 Å². The van der Waals surface area contributed by atoms with Gasteiger partial charge in [0.25, 0.3) is 5.91 Å². The zero-order valence-corrected chi connectivity index (χ0v) is 14.4. The van der Waals surface area contributed by atoms with Crippen molar-refractivity contribution in [1.29, 1.82) is 0 Å². The second kappa shape index (κ2) is 9.73. The number of hydrogen-bond donors (Lipinski definition) is 1. The molecule has 0 aromatic heterocycles. The molecule has 24 heavy (non-hydrogen) atoms. The standard InChI is InChI=1S/C20H25NO3/c1-3-12-21-20(22)17-10-11-19(24-4-2)18(13-17)15-23-14-16-8-6-5-7-9-16/h5-11,13H,3-4,12,14-15H2,1-2H3,(H,21,22). The molecule has 0 bridgehead atoms. The maximum absolute atomic E-state index is 12.1. The monoisotopic (exact) mass is 327 g/mol. The van der Waals surface area contributed by atoms with Crippen molar-refractivity contribution in [3.05, 3.63) is 65.2 Å². The molecule has 0 saturated heterocycles. The first-order valence-corrected chi connectivity index (χ1v) is 8.40. The van der Waals surface area contributed by atoms with Crippen LogP contribution < -0.4 is 10.1 Å². The van der Waals surface area contributed by atoms with Crippen molar-refractivity contribution in [3.63, 3.8) is 0 Å². The fraction of sp³-hybridized carbons (Fsp3) is 0.350. The van der Waals surface area contributed by atoms with Gasteiger partial charge in [-0.05, 0) is 37.1 Å². The van der Waals surface area contributed by atoms with Gasteiger partial charge >= 0.3 is 0 Å². The fourth-order valence-corrected chi connectivity index (χ4v) is 2.32. The van der Waals surface area contributed by atoms with Gasteiger partial charge in [0.15, 0.2) is 0 Å². The Balaban J connectivity index is 2.05. The molecule has 2 aromatic rings. The molecule has 0 aliphatic heterocycles. The van der Waals surface area contributed by atoms with Gasteiger partial charge in [0, 0.05) is 17.7 Å². The van der Waals surface area contributed by atoms with Gasteiger partial charge in [-0.2, -0.15) is 0 Å². The van der Waals surface area contributed by atoms with Crippen molar-refractivity contribution < 1.29 is 14.3 Å². The number of benzene rings is 2. The van der Waals surface area contributed by atoms with E-state index in [1.54, 1.807) is 6.07 Å². The maximum atomic E-state index is 12.1. The van der Waals surface area contributed by atoms with Crippen LogP contribution in [0.5, 0.6) is 5.75 Å². The third kappa shape index (κ3) is 5.39. The van der Waals surface area contributed by atoms with Crippen molar-refractivity contribution in [2.45, 2.75) is 33.5 Å². The summed E-state index contributed by atoms with van der Waals surface area (Å²) in [6, 6.07) is 15.5. The average Bonchev–Trinajstić information content (AvgIpc) is 2.62. The van der Waals surface area contributed by atoms with E-state index in [9.17, 15) is 4.79 Å². The molecule has 128 valence electrons. The summed E-state index contributed by atoms with van der Waals surface area (Å²) in [4.78, 5) is 12.1. The van der Waals surface area contributed by atoms with Gasteiger partial charge in [0.05, 0.1) is 19.8 Å². The normalized spacial score (nSPS) is 10.4. The summed E-state index contributed by atoms with van der Waals surface area (Å²) in [6.45, 7) is 6.15. The van der Waals surface area contributed by atoms with Gasteiger partial charge in [0.1, 0.15) is 5.75 Å². The second-order valence-corrected chi connectivity index (χ2v) is 5.49. The third-order valence-corrected chi connectivity index (χ3v) is 3.53. The lowest BCUT2D eigenvalue weighted by molar-refractivity contribution is 0.0951. The smallest absolute Gasteiger partial charge is 0.251 e. The van der Waals surface area contributed by atoms with Crippen LogP contribution in [-0.2, 0) is 18.0 Å². The molecule has 0 heterocycles. The van der Waals surface area contributed by atoms with Crippen LogP contribution >= 0.6 is 0 Å². The van der Waals surface area contributed by atoms with E-state index >= 15 is 0 Å². The highest BCUT2D eigenvalue weighted by Gasteiger charge is 2.10. The Hall–Kier alpha value is -2.33. The number of amides is 1. The first-order valence-electron chi connectivity index (χ1n) is 8.40. The predicted molar refractivity (Wildman–Crippen MR) is 95.2 cm³/mol. The van der Waals surface area contributed by atoms with Crippen LogP contribution in [0.15, 0.2) is 48.5 Å². The quantitative estimate of drug-likeness (QED) is 0.759. The summed E-state index contributed by atoms with van der Waals surface area (Å²) in [5, 5.41) is 2.89. The SMILES string of the molecule is CCCNC(=O)c1ccc(OCC)c(COCc2ccccc2)c1. The lowest BCUT2D eigenvalue weighted by atomic mass is 10.1. The minimum absolute atomic E-state index is 0.0655. The van der Waals surface area contributed by atoms with Crippen LogP contribution in [0.2, 0.25) is 0 Å². The van der Waals surface area contributed by atoms with E-state index in [-0.39, 0.29) is 5.91 Å². The molecule has 4 nitrogen and oxygen atoms in total. The Labute approximate surface area is 143 Å². The number of ether oxygens (including phenoxy) is 2. The van der Waals surface area contributed by atoms with Gasteiger partial charge in [0.2, 0.25) is 0 Å². The zero-order chi connectivity index (χ0) is 17.2. The van der Waals surface area contributed by atoms with Crippen molar-refractivity contribution in [3.8, 4) is 5.75 Å². The van der Waals surface area contributed by atoms with E-state index in [1.807, 2.05) is 56.3 Å². The van der Waals surface area contributed by atoms with Crippen molar-refractivity contribution in [2.24, 2.45) is 0 Å². The van der Waals surface area contributed by atoms with E-state index < -0.39 is 0 Å². The second-order valence-electron chi connectivity index (χ2n) is 5.49. The summed E-state index contributed by atoms with van der Waals surface area (Å²) < 4.78 is 11.4. The van der Waals surface area contributed by atoms with Crippen LogP contribution in [-0.4, -0.2) is 19.1 Å². The Morgan fingerprint density at radius 1 is 1.04 bits per heavy atom. The molecule has 0 unspecified atom stereocenters. The molecule has 0 atom stereocenters. The lowest BCUT2D eigenvalue weighted by Crippen LogP contribution is -2.24. The molecule has 0 spiro atoms. The van der Waals surface area contributed by atoms with Crippen LogP contribution in [0.3, 0.4) is 0 Å². The first-order chi connectivity index (χ1) is 11.7. The largest absolute Gasteiger partial charge is 0.494 e. The topological polar surface area (TPSA) is 47.6 Å². The molecule has 0 aliphatic rings. The summed E-state index contributed by atoms with van der Waals surface area (Å²) in [7, 11) is 0. The van der Waals surface area contributed by atoms with Gasteiger partial charge in [-0.3, -0.25) is 4.79 Å². The van der Waals surface area contributed by atoms with Crippen LogP contribution in [0.1, 0.15) is 41.8 Å². The van der Waals surface area contributed by atoms with E-state index in [0.717, 1.165) is 23.3 Å². The molecule has 2 rings (SSSR count). The molecular weight excluding hydrogens is 302 g/mol. The van der Waals surface area contributed by atoms with Crippen LogP contribution in [0.25, 0.3) is 0 Å². The van der Waals surface area contributed by atoms with E-state index in [4.69, 9.17) is 9.47 Å².